The monoisotopic (exact) mass is 287 g/mol. The van der Waals surface area contributed by atoms with Gasteiger partial charge in [0.15, 0.2) is 5.69 Å². The van der Waals surface area contributed by atoms with Crippen LogP contribution >= 0.6 is 11.6 Å². The molecule has 0 unspecified atom stereocenters. The van der Waals surface area contributed by atoms with Crippen molar-refractivity contribution < 1.29 is 9.00 Å². The fourth-order valence-electron chi connectivity index (χ4n) is 1.79. The Hall–Kier alpha value is -1.14. The molecule has 0 radical (unpaired) electrons. The Morgan fingerprint density at radius 3 is 2.78 bits per heavy atom. The number of rotatable bonds is 2. The number of hydrogen-bond donors (Lipinski definition) is 1. The Morgan fingerprint density at radius 2 is 2.17 bits per heavy atom. The van der Waals surface area contributed by atoms with Crippen LogP contribution in [-0.2, 0) is 10.8 Å². The molecule has 0 bridgehead atoms. The first-order valence-electron chi connectivity index (χ1n) is 5.59. The van der Waals surface area contributed by atoms with Gasteiger partial charge in [-0.1, -0.05) is 11.6 Å². The molecule has 1 aromatic rings. The van der Waals surface area contributed by atoms with Gasteiger partial charge < -0.3 is 10.2 Å². The average molecular weight is 288 g/mol. The van der Waals surface area contributed by atoms with E-state index in [1.54, 1.807) is 18.0 Å². The molecular weight excluding hydrogens is 274 g/mol. The molecule has 98 valence electrons. The lowest BCUT2D eigenvalue weighted by atomic mass is 10.2. The molecule has 7 heteroatoms. The zero-order chi connectivity index (χ0) is 13.1. The smallest absolute Gasteiger partial charge is 0.274 e. The minimum absolute atomic E-state index is 0.146. The van der Waals surface area contributed by atoms with Crippen molar-refractivity contribution in [3.63, 3.8) is 0 Å². The molecular formula is C11H14ClN3O2S. The summed E-state index contributed by atoms with van der Waals surface area (Å²) < 4.78 is 11.3. The number of pyridine rings is 1. The number of nitrogens with one attached hydrogen (secondary N) is 1. The lowest BCUT2D eigenvalue weighted by Gasteiger charge is -2.26. The normalized spacial score (nSPS) is 16.7. The van der Waals surface area contributed by atoms with Crippen molar-refractivity contribution in [1.82, 2.24) is 9.88 Å². The zero-order valence-electron chi connectivity index (χ0n) is 9.98. The highest BCUT2D eigenvalue weighted by Gasteiger charge is 2.24. The highest BCUT2D eigenvalue weighted by molar-refractivity contribution is 7.85. The topological polar surface area (TPSA) is 62.3 Å². The van der Waals surface area contributed by atoms with E-state index in [0.29, 0.717) is 41.0 Å². The molecule has 2 rings (SSSR count). The first kappa shape index (κ1) is 13.3. The Balaban J connectivity index is 2.20. The summed E-state index contributed by atoms with van der Waals surface area (Å²) >= 11 is 5.84. The third kappa shape index (κ3) is 2.81. The highest BCUT2D eigenvalue weighted by atomic mass is 35.5. The van der Waals surface area contributed by atoms with E-state index < -0.39 is 10.8 Å². The highest BCUT2D eigenvalue weighted by Crippen LogP contribution is 2.20. The second-order valence-corrected chi connectivity index (χ2v) is 6.07. The van der Waals surface area contributed by atoms with E-state index in [0.717, 1.165) is 0 Å². The summed E-state index contributed by atoms with van der Waals surface area (Å²) in [5.41, 5.74) is 0.966. The molecule has 1 aliphatic heterocycles. The molecule has 0 atom stereocenters. The molecule has 1 aromatic heterocycles. The van der Waals surface area contributed by atoms with Crippen LogP contribution in [0.2, 0.25) is 5.02 Å². The number of halogens is 1. The molecule has 1 saturated heterocycles. The Bertz CT molecular complexity index is 485. The van der Waals surface area contributed by atoms with Crippen molar-refractivity contribution in [2.45, 2.75) is 0 Å². The lowest BCUT2D eigenvalue weighted by Crippen LogP contribution is -2.42. The molecule has 2 heterocycles. The summed E-state index contributed by atoms with van der Waals surface area (Å²) in [7, 11) is 0.922. The van der Waals surface area contributed by atoms with Crippen LogP contribution < -0.4 is 5.32 Å². The zero-order valence-corrected chi connectivity index (χ0v) is 11.6. The van der Waals surface area contributed by atoms with Crippen LogP contribution in [0.5, 0.6) is 0 Å². The van der Waals surface area contributed by atoms with E-state index in [9.17, 15) is 9.00 Å². The number of amides is 1. The number of carbonyl (C=O) groups is 1. The average Bonchev–Trinajstić information content (AvgIpc) is 2.38. The number of anilines is 1. The second kappa shape index (κ2) is 5.67. The maximum absolute atomic E-state index is 12.3. The minimum atomic E-state index is -0.796. The van der Waals surface area contributed by atoms with Crippen LogP contribution in [-0.4, -0.2) is 51.6 Å². The Morgan fingerprint density at radius 1 is 1.50 bits per heavy atom. The fraction of sp³-hybridized carbons (Fsp3) is 0.455. The number of aromatic nitrogens is 1. The summed E-state index contributed by atoms with van der Waals surface area (Å²) in [6, 6.07) is 1.67. The van der Waals surface area contributed by atoms with E-state index in [1.165, 1.54) is 6.20 Å². The van der Waals surface area contributed by atoms with E-state index in [4.69, 9.17) is 11.6 Å². The van der Waals surface area contributed by atoms with E-state index in [1.807, 2.05) is 0 Å². The lowest BCUT2D eigenvalue weighted by molar-refractivity contribution is 0.0766. The summed E-state index contributed by atoms with van der Waals surface area (Å²) in [6.07, 6.45) is 1.46. The number of nitrogens with zero attached hydrogens (tertiary/aromatic N) is 2. The van der Waals surface area contributed by atoms with Gasteiger partial charge in [-0.3, -0.25) is 9.00 Å². The molecule has 0 saturated carbocycles. The van der Waals surface area contributed by atoms with Gasteiger partial charge in [0.25, 0.3) is 5.91 Å². The molecule has 1 amide bonds. The van der Waals surface area contributed by atoms with Gasteiger partial charge in [-0.15, -0.1) is 0 Å². The molecule has 0 aromatic carbocycles. The predicted octanol–water partition coefficient (Wildman–Crippen LogP) is 0.981. The Labute approximate surface area is 113 Å². The van der Waals surface area contributed by atoms with Crippen molar-refractivity contribution in [3.05, 3.63) is 23.0 Å². The van der Waals surface area contributed by atoms with Crippen molar-refractivity contribution >= 4 is 34.0 Å². The molecule has 5 nitrogen and oxygen atoms in total. The van der Waals surface area contributed by atoms with Crippen LogP contribution in [0.3, 0.4) is 0 Å². The van der Waals surface area contributed by atoms with Crippen molar-refractivity contribution in [1.29, 1.82) is 0 Å². The van der Waals surface area contributed by atoms with E-state index >= 15 is 0 Å². The third-order valence-electron chi connectivity index (χ3n) is 2.79. The fourth-order valence-corrected chi connectivity index (χ4v) is 3.00. The molecule has 1 N–H and O–H groups in total. The molecule has 1 fully saturated rings. The van der Waals surface area contributed by atoms with Gasteiger partial charge in [0.05, 0.1) is 10.7 Å². The summed E-state index contributed by atoms with van der Waals surface area (Å²) in [4.78, 5) is 18.0. The second-order valence-electron chi connectivity index (χ2n) is 3.94. The van der Waals surface area contributed by atoms with E-state index in [-0.39, 0.29) is 5.91 Å². The van der Waals surface area contributed by atoms with Gasteiger partial charge in [0.1, 0.15) is 0 Å². The van der Waals surface area contributed by atoms with Crippen LogP contribution in [0.4, 0.5) is 5.69 Å². The first-order chi connectivity index (χ1) is 8.61. The quantitative estimate of drug-likeness (QED) is 0.881. The van der Waals surface area contributed by atoms with Gasteiger partial charge in [-0.2, -0.15) is 0 Å². The van der Waals surface area contributed by atoms with Crippen LogP contribution in [0.25, 0.3) is 0 Å². The van der Waals surface area contributed by atoms with Gasteiger partial charge >= 0.3 is 0 Å². The first-order valence-corrected chi connectivity index (χ1v) is 7.46. The summed E-state index contributed by atoms with van der Waals surface area (Å²) in [6.45, 7) is 1.03. The van der Waals surface area contributed by atoms with Gasteiger partial charge in [0, 0.05) is 48.6 Å². The maximum atomic E-state index is 12.3. The maximum Gasteiger partial charge on any atom is 0.274 e. The SMILES string of the molecule is CNc1cc(Cl)cnc1C(=O)N1CCS(=O)CC1. The molecule has 0 spiro atoms. The van der Waals surface area contributed by atoms with Crippen LogP contribution in [0.15, 0.2) is 12.3 Å². The van der Waals surface area contributed by atoms with Crippen LogP contribution in [0, 0.1) is 0 Å². The number of carbonyl (C=O) groups excluding carboxylic acids is 1. The van der Waals surface area contributed by atoms with Crippen LogP contribution in [0.1, 0.15) is 10.5 Å². The van der Waals surface area contributed by atoms with Crippen molar-refractivity contribution in [2.24, 2.45) is 0 Å². The Kier molecular flexibility index (Phi) is 4.19. The number of hydrogen-bond acceptors (Lipinski definition) is 4. The minimum Gasteiger partial charge on any atom is -0.386 e. The largest absolute Gasteiger partial charge is 0.386 e. The van der Waals surface area contributed by atoms with E-state index in [2.05, 4.69) is 10.3 Å². The molecule has 0 aliphatic carbocycles. The summed E-state index contributed by atoms with van der Waals surface area (Å²) in [5, 5.41) is 3.39. The van der Waals surface area contributed by atoms with Gasteiger partial charge in [0.2, 0.25) is 0 Å². The van der Waals surface area contributed by atoms with Crippen molar-refractivity contribution in [2.75, 3.05) is 37.0 Å². The van der Waals surface area contributed by atoms with Crippen molar-refractivity contribution in [3.8, 4) is 0 Å². The summed E-state index contributed by atoms with van der Waals surface area (Å²) in [5.74, 6) is 0.926. The molecule has 18 heavy (non-hydrogen) atoms. The third-order valence-corrected chi connectivity index (χ3v) is 4.27. The standard InChI is InChI=1S/C11H14ClN3O2S/c1-13-9-6-8(12)7-14-10(9)11(16)15-2-4-18(17)5-3-15/h6-7,13H,2-5H2,1H3. The van der Waals surface area contributed by atoms with Gasteiger partial charge in [-0.25, -0.2) is 4.98 Å². The van der Waals surface area contributed by atoms with Gasteiger partial charge in [-0.05, 0) is 6.07 Å². The molecule has 1 aliphatic rings. The predicted molar refractivity (Wildman–Crippen MR) is 72.6 cm³/mol.